The number of hydrogen-bond donors (Lipinski definition) is 0. The van der Waals surface area contributed by atoms with E-state index in [1.165, 1.54) is 44.0 Å². The predicted molar refractivity (Wildman–Crippen MR) is 288 cm³/mol. The number of aromatic nitrogens is 1. The lowest BCUT2D eigenvalue weighted by molar-refractivity contribution is 0.587. The van der Waals surface area contributed by atoms with Gasteiger partial charge in [0.05, 0.1) is 16.6 Å². The van der Waals surface area contributed by atoms with Gasteiger partial charge >= 0.3 is 0 Å². The molecule has 0 amide bonds. The topological polar surface area (TPSA) is 37.7 Å². The average Bonchev–Trinajstić information content (AvgIpc) is 3.99. The van der Waals surface area contributed by atoms with Crippen LogP contribution in [0, 0.1) is 0 Å². The number of nitrogens with zero attached hydrogens (tertiary/aromatic N) is 3. The summed E-state index contributed by atoms with van der Waals surface area (Å²) in [6.45, 7) is 20.5. The van der Waals surface area contributed by atoms with Crippen molar-refractivity contribution in [3.8, 4) is 5.69 Å². The molecule has 0 spiro atoms. The normalized spacial score (nSPS) is 13.6. The molecule has 68 heavy (non-hydrogen) atoms. The third-order valence-corrected chi connectivity index (χ3v) is 14.8. The number of hydrogen-bond acceptors (Lipinski definition) is 4. The van der Waals surface area contributed by atoms with Crippen LogP contribution in [0.2, 0.25) is 0 Å². The maximum Gasteiger partial charge on any atom is 0.252 e. The molecule has 0 N–H and O–H groups in total. The smallest absolute Gasteiger partial charge is 0.252 e. The summed E-state index contributed by atoms with van der Waals surface area (Å²) in [7, 11) is 0. The van der Waals surface area contributed by atoms with Crippen molar-refractivity contribution >= 4 is 112 Å². The van der Waals surface area contributed by atoms with Crippen molar-refractivity contribution in [2.24, 2.45) is 0 Å². The number of fused-ring (bicyclic) bond motifs is 12. The zero-order valence-electron chi connectivity index (χ0n) is 40.3. The quantitative estimate of drug-likeness (QED) is 0.165. The van der Waals surface area contributed by atoms with Gasteiger partial charge in [0.2, 0.25) is 5.71 Å². The van der Waals surface area contributed by atoms with E-state index >= 15 is 0 Å². The lowest BCUT2D eigenvalue weighted by Gasteiger charge is -2.41. The summed E-state index contributed by atoms with van der Waals surface area (Å²) in [6, 6.07) is 60.8. The molecule has 0 saturated carbocycles. The van der Waals surface area contributed by atoms with Gasteiger partial charge in [-0.2, -0.15) is 0 Å². The molecular formula is C62H54BN3O2. The molecule has 0 unspecified atom stereocenters. The zero-order valence-corrected chi connectivity index (χ0v) is 40.3. The van der Waals surface area contributed by atoms with E-state index in [0.29, 0.717) is 0 Å². The highest BCUT2D eigenvalue weighted by Gasteiger charge is 2.44. The summed E-state index contributed by atoms with van der Waals surface area (Å²) < 4.78 is 16.5. The Labute approximate surface area is 398 Å². The Morgan fingerprint density at radius 1 is 0.426 bits per heavy atom. The van der Waals surface area contributed by atoms with E-state index < -0.39 is 0 Å². The monoisotopic (exact) mass is 883 g/mol. The molecule has 5 heterocycles. The van der Waals surface area contributed by atoms with E-state index in [1.807, 2.05) is 0 Å². The highest BCUT2D eigenvalue weighted by Crippen LogP contribution is 2.49. The first kappa shape index (κ1) is 40.8. The van der Waals surface area contributed by atoms with Gasteiger partial charge in [0.15, 0.2) is 5.58 Å². The fourth-order valence-electron chi connectivity index (χ4n) is 11.3. The Morgan fingerprint density at radius 3 is 1.84 bits per heavy atom. The number of para-hydroxylation sites is 4. The molecule has 2 aliphatic rings. The van der Waals surface area contributed by atoms with Gasteiger partial charge in [0, 0.05) is 55.7 Å². The van der Waals surface area contributed by atoms with Gasteiger partial charge in [0.25, 0.3) is 6.71 Å². The van der Waals surface area contributed by atoms with Crippen LogP contribution in [0.5, 0.6) is 0 Å². The Bertz CT molecular complexity index is 3870. The Balaban J connectivity index is 1.15. The highest BCUT2D eigenvalue weighted by molar-refractivity contribution is 7.00. The van der Waals surface area contributed by atoms with Crippen LogP contribution in [0.15, 0.2) is 173 Å². The van der Waals surface area contributed by atoms with Gasteiger partial charge in [-0.15, -0.1) is 0 Å². The predicted octanol–water partition coefficient (Wildman–Crippen LogP) is 15.4. The summed E-state index contributed by atoms with van der Waals surface area (Å²) in [5.74, 6) is 0. The number of furan rings is 2. The molecule has 8 aromatic carbocycles. The molecule has 0 bridgehead atoms. The molecule has 3 aromatic heterocycles. The van der Waals surface area contributed by atoms with Gasteiger partial charge in [0.1, 0.15) is 11.2 Å². The van der Waals surface area contributed by atoms with E-state index in [1.54, 1.807) is 0 Å². The summed E-state index contributed by atoms with van der Waals surface area (Å²) in [6.07, 6.45) is 0. The maximum atomic E-state index is 7.16. The average molecular weight is 884 g/mol. The first-order chi connectivity index (χ1) is 32.6. The Morgan fingerprint density at radius 2 is 1.07 bits per heavy atom. The number of anilines is 6. The minimum Gasteiger partial charge on any atom is -0.454 e. The molecule has 0 fully saturated rings. The van der Waals surface area contributed by atoms with Crippen molar-refractivity contribution in [2.45, 2.75) is 78.6 Å². The third kappa shape index (κ3) is 5.89. The SMILES string of the molecule is CC(C)(C)c1ccc(N(c2ccccc2)c2ccc3c(c2)N(c2cccc4c2oc2cc(C(C)(C)C)ccc24)c2cc(C(C)(C)C)cc4c2B3c2cccc3c5c6ccccc6oc5n-4c23)cc1. The minimum absolute atomic E-state index is 0.0250. The van der Waals surface area contributed by atoms with Gasteiger partial charge in [-0.1, -0.05) is 159 Å². The van der Waals surface area contributed by atoms with Crippen molar-refractivity contribution in [2.75, 3.05) is 9.80 Å². The Kier molecular flexibility index (Phi) is 8.43. The van der Waals surface area contributed by atoms with Crippen molar-refractivity contribution in [1.29, 1.82) is 0 Å². The van der Waals surface area contributed by atoms with Crippen LogP contribution in [0.25, 0.3) is 60.6 Å². The van der Waals surface area contributed by atoms with Crippen LogP contribution >= 0.6 is 0 Å². The second-order valence-electron chi connectivity index (χ2n) is 22.2. The molecule has 11 aromatic rings. The van der Waals surface area contributed by atoms with Crippen molar-refractivity contribution in [1.82, 2.24) is 4.57 Å². The molecule has 2 aliphatic heterocycles. The Hall–Kier alpha value is -7.44. The lowest BCUT2D eigenvalue weighted by atomic mass is 9.33. The largest absolute Gasteiger partial charge is 0.454 e. The molecule has 0 radical (unpaired) electrons. The molecule has 0 saturated heterocycles. The van der Waals surface area contributed by atoms with Crippen molar-refractivity contribution < 1.29 is 8.83 Å². The number of benzene rings is 8. The third-order valence-electron chi connectivity index (χ3n) is 14.8. The van der Waals surface area contributed by atoms with Gasteiger partial charge in [-0.05, 0) is 116 Å². The summed E-state index contributed by atoms with van der Waals surface area (Å²) in [4.78, 5) is 4.93. The standard InChI is InChI=1S/C62H54BN3O2/c1-60(2,3)37-25-28-41(29-26-37)64(40-17-11-10-12-18-40)42-30-32-47-50(36-42)65(49-23-16-20-44-43-31-27-38(61(4,5)6)35-54(43)67-58(44)49)51-33-39(62(7,8)9)34-52-56(51)63(47)48-22-15-21-46-55-45-19-13-14-24-53(45)68-59(55)66(52)57(46)48/h10-36H,1-9H3. The second-order valence-corrected chi connectivity index (χ2v) is 22.2. The molecule has 0 aliphatic carbocycles. The van der Waals surface area contributed by atoms with Crippen LogP contribution in [-0.4, -0.2) is 11.3 Å². The molecular weight excluding hydrogens is 830 g/mol. The lowest BCUT2D eigenvalue weighted by Crippen LogP contribution is -2.60. The van der Waals surface area contributed by atoms with Crippen LogP contribution in [0.4, 0.5) is 34.1 Å². The highest BCUT2D eigenvalue weighted by atomic mass is 16.3. The van der Waals surface area contributed by atoms with Gasteiger partial charge in [-0.25, -0.2) is 0 Å². The van der Waals surface area contributed by atoms with E-state index in [4.69, 9.17) is 8.83 Å². The summed E-state index contributed by atoms with van der Waals surface area (Å²) in [5, 5.41) is 5.74. The molecule has 332 valence electrons. The van der Waals surface area contributed by atoms with Gasteiger partial charge < -0.3 is 18.6 Å². The van der Waals surface area contributed by atoms with Crippen LogP contribution in [-0.2, 0) is 16.2 Å². The number of rotatable bonds is 4. The van der Waals surface area contributed by atoms with E-state index in [-0.39, 0.29) is 23.0 Å². The molecule has 5 nitrogen and oxygen atoms in total. The van der Waals surface area contributed by atoms with E-state index in [2.05, 4.69) is 240 Å². The summed E-state index contributed by atoms with van der Waals surface area (Å²) >= 11 is 0. The second kappa shape index (κ2) is 14.1. The van der Waals surface area contributed by atoms with Crippen molar-refractivity contribution in [3.05, 3.63) is 180 Å². The van der Waals surface area contributed by atoms with Crippen LogP contribution in [0.1, 0.15) is 79.0 Å². The van der Waals surface area contributed by atoms with Crippen molar-refractivity contribution in [3.63, 3.8) is 0 Å². The molecule has 13 rings (SSSR count). The van der Waals surface area contributed by atoms with E-state index in [9.17, 15) is 0 Å². The van der Waals surface area contributed by atoms with Crippen LogP contribution in [0.3, 0.4) is 0 Å². The fraction of sp³-hybridized carbons (Fsp3) is 0.194. The minimum atomic E-state index is -0.177. The first-order valence-electron chi connectivity index (χ1n) is 24.1. The van der Waals surface area contributed by atoms with E-state index in [0.717, 1.165) is 83.8 Å². The first-order valence-corrected chi connectivity index (χ1v) is 24.1. The van der Waals surface area contributed by atoms with Gasteiger partial charge in [-0.3, -0.25) is 4.57 Å². The molecule has 0 atom stereocenters. The summed E-state index contributed by atoms with van der Waals surface area (Å²) in [5.41, 5.74) is 19.9. The molecule has 6 heteroatoms. The maximum absolute atomic E-state index is 7.16. The fourth-order valence-corrected chi connectivity index (χ4v) is 11.3. The zero-order chi connectivity index (χ0) is 46.6. The van der Waals surface area contributed by atoms with Crippen LogP contribution < -0.4 is 26.2 Å².